The third-order valence-electron chi connectivity index (χ3n) is 4.47. The molecule has 4 heteroatoms. The van der Waals surface area contributed by atoms with Crippen LogP contribution in [-0.4, -0.2) is 15.7 Å². The summed E-state index contributed by atoms with van der Waals surface area (Å²) in [4.78, 5) is 12.6. The number of nitrogens with one attached hydrogen (secondary N) is 1. The predicted octanol–water partition coefficient (Wildman–Crippen LogP) is 4.95. The van der Waals surface area contributed by atoms with Crippen molar-refractivity contribution in [2.24, 2.45) is 7.05 Å². The van der Waals surface area contributed by atoms with Crippen molar-refractivity contribution in [3.63, 3.8) is 0 Å². The van der Waals surface area contributed by atoms with Crippen molar-refractivity contribution in [2.45, 2.75) is 33.1 Å². The first-order valence-electron chi connectivity index (χ1n) is 8.77. The summed E-state index contributed by atoms with van der Waals surface area (Å²) in [5.74, 6) is -0.165. The zero-order chi connectivity index (χ0) is 18.9. The lowest BCUT2D eigenvalue weighted by molar-refractivity contribution is 0.101. The Labute approximate surface area is 154 Å². The molecule has 3 aromatic rings. The Kier molecular flexibility index (Phi) is 4.68. The van der Waals surface area contributed by atoms with Gasteiger partial charge >= 0.3 is 0 Å². The summed E-state index contributed by atoms with van der Waals surface area (Å²) in [5.41, 5.74) is 5.64. The van der Waals surface area contributed by atoms with E-state index in [1.807, 2.05) is 37.3 Å². The van der Waals surface area contributed by atoms with Crippen LogP contribution in [0.2, 0.25) is 0 Å². The Morgan fingerprint density at radius 1 is 1.00 bits per heavy atom. The van der Waals surface area contributed by atoms with Crippen LogP contribution in [0.1, 0.15) is 42.4 Å². The zero-order valence-corrected chi connectivity index (χ0v) is 16.0. The maximum absolute atomic E-state index is 12.6. The smallest absolute Gasteiger partial charge is 0.273 e. The van der Waals surface area contributed by atoms with Crippen molar-refractivity contribution < 1.29 is 4.79 Å². The van der Waals surface area contributed by atoms with Gasteiger partial charge in [0.1, 0.15) is 5.69 Å². The number of anilines is 1. The van der Waals surface area contributed by atoms with E-state index < -0.39 is 0 Å². The minimum atomic E-state index is -0.165. The minimum absolute atomic E-state index is 0.113. The van der Waals surface area contributed by atoms with Crippen LogP contribution in [0, 0.1) is 6.92 Å². The topological polar surface area (TPSA) is 46.9 Å². The van der Waals surface area contributed by atoms with Gasteiger partial charge < -0.3 is 5.32 Å². The minimum Gasteiger partial charge on any atom is -0.321 e. The number of hydrogen-bond donors (Lipinski definition) is 1. The van der Waals surface area contributed by atoms with Crippen molar-refractivity contribution >= 4 is 11.6 Å². The maximum Gasteiger partial charge on any atom is 0.273 e. The van der Waals surface area contributed by atoms with Gasteiger partial charge in [-0.05, 0) is 36.1 Å². The van der Waals surface area contributed by atoms with Crippen LogP contribution in [0.3, 0.4) is 0 Å². The second-order valence-corrected chi connectivity index (χ2v) is 7.69. The lowest BCUT2D eigenvalue weighted by Gasteiger charge is -2.18. The zero-order valence-electron chi connectivity index (χ0n) is 16.0. The van der Waals surface area contributed by atoms with Crippen LogP contribution in [0.5, 0.6) is 0 Å². The number of amides is 1. The Morgan fingerprint density at radius 3 is 2.19 bits per heavy atom. The van der Waals surface area contributed by atoms with Crippen molar-refractivity contribution in [1.29, 1.82) is 0 Å². The summed E-state index contributed by atoms with van der Waals surface area (Å²) in [6.07, 6.45) is 0. The quantitative estimate of drug-likeness (QED) is 0.729. The Hall–Kier alpha value is -2.88. The van der Waals surface area contributed by atoms with Crippen molar-refractivity contribution in [1.82, 2.24) is 9.78 Å². The molecule has 2 aromatic carbocycles. The number of hydrogen-bond acceptors (Lipinski definition) is 2. The molecular formula is C22H25N3O. The lowest BCUT2D eigenvalue weighted by Crippen LogP contribution is -2.15. The first-order valence-corrected chi connectivity index (χ1v) is 8.77. The van der Waals surface area contributed by atoms with E-state index in [9.17, 15) is 4.79 Å². The summed E-state index contributed by atoms with van der Waals surface area (Å²) < 4.78 is 1.62. The number of benzene rings is 2. The molecule has 26 heavy (non-hydrogen) atoms. The van der Waals surface area contributed by atoms with E-state index in [0.717, 1.165) is 22.5 Å². The van der Waals surface area contributed by atoms with Crippen LogP contribution in [-0.2, 0) is 12.5 Å². The van der Waals surface area contributed by atoms with Gasteiger partial charge in [-0.3, -0.25) is 9.48 Å². The summed E-state index contributed by atoms with van der Waals surface area (Å²) in [6.45, 7) is 8.59. The lowest BCUT2D eigenvalue weighted by atomic mass is 9.86. The molecule has 0 aliphatic rings. The molecule has 0 saturated heterocycles. The van der Waals surface area contributed by atoms with Gasteiger partial charge in [-0.15, -0.1) is 0 Å². The average Bonchev–Trinajstić information content (AvgIpc) is 2.98. The standard InChI is InChI=1S/C22H25N3O/c1-15-6-12-18(13-7-15)23-21(26)20-14-19(24-25(20)5)16-8-10-17(11-9-16)22(2,3)4/h6-14H,1-5H3,(H,23,26). The molecule has 0 radical (unpaired) electrons. The number of rotatable bonds is 3. The normalized spacial score (nSPS) is 11.4. The third kappa shape index (κ3) is 3.85. The molecule has 0 atom stereocenters. The third-order valence-corrected chi connectivity index (χ3v) is 4.47. The molecule has 3 rings (SSSR count). The molecule has 1 heterocycles. The molecule has 0 spiro atoms. The average molecular weight is 347 g/mol. The highest BCUT2D eigenvalue weighted by molar-refractivity contribution is 6.03. The number of nitrogens with zero attached hydrogens (tertiary/aromatic N) is 2. The SMILES string of the molecule is Cc1ccc(NC(=O)c2cc(-c3ccc(C(C)(C)C)cc3)nn2C)cc1. The second kappa shape index (κ2) is 6.79. The maximum atomic E-state index is 12.6. The fourth-order valence-electron chi connectivity index (χ4n) is 2.79. The number of carbonyl (C=O) groups excluding carboxylic acids is 1. The Balaban J connectivity index is 1.82. The fraction of sp³-hybridized carbons (Fsp3) is 0.273. The summed E-state index contributed by atoms with van der Waals surface area (Å²) >= 11 is 0. The molecule has 0 saturated carbocycles. The van der Waals surface area contributed by atoms with Gasteiger partial charge in [-0.2, -0.15) is 5.10 Å². The van der Waals surface area contributed by atoms with Gasteiger partial charge in [0.25, 0.3) is 5.91 Å². The van der Waals surface area contributed by atoms with Crippen LogP contribution >= 0.6 is 0 Å². The molecule has 134 valence electrons. The van der Waals surface area contributed by atoms with Crippen molar-refractivity contribution in [3.05, 3.63) is 71.4 Å². The van der Waals surface area contributed by atoms with Crippen molar-refractivity contribution in [3.8, 4) is 11.3 Å². The molecular weight excluding hydrogens is 322 g/mol. The predicted molar refractivity (Wildman–Crippen MR) is 106 cm³/mol. The van der Waals surface area contributed by atoms with Gasteiger partial charge in [0.15, 0.2) is 0 Å². The summed E-state index contributed by atoms with van der Waals surface area (Å²) in [7, 11) is 1.79. The Morgan fingerprint density at radius 2 is 1.62 bits per heavy atom. The molecule has 1 amide bonds. The number of aromatic nitrogens is 2. The van der Waals surface area contributed by atoms with Gasteiger partial charge in [0.05, 0.1) is 5.69 Å². The van der Waals surface area contributed by atoms with E-state index in [1.165, 1.54) is 5.56 Å². The molecule has 0 aliphatic heterocycles. The van der Waals surface area contributed by atoms with E-state index in [2.05, 4.69) is 55.5 Å². The van der Waals surface area contributed by atoms with Crippen LogP contribution in [0.15, 0.2) is 54.6 Å². The monoisotopic (exact) mass is 347 g/mol. The molecule has 0 aliphatic carbocycles. The van der Waals surface area contributed by atoms with E-state index in [4.69, 9.17) is 0 Å². The van der Waals surface area contributed by atoms with E-state index in [1.54, 1.807) is 11.7 Å². The largest absolute Gasteiger partial charge is 0.321 e. The molecule has 4 nitrogen and oxygen atoms in total. The molecule has 0 unspecified atom stereocenters. The molecule has 1 N–H and O–H groups in total. The fourth-order valence-corrected chi connectivity index (χ4v) is 2.79. The molecule has 1 aromatic heterocycles. The summed E-state index contributed by atoms with van der Waals surface area (Å²) in [5, 5.41) is 7.43. The first kappa shape index (κ1) is 17.9. The van der Waals surface area contributed by atoms with Gasteiger partial charge in [-0.25, -0.2) is 0 Å². The van der Waals surface area contributed by atoms with E-state index in [0.29, 0.717) is 5.69 Å². The number of aryl methyl sites for hydroxylation is 2. The highest BCUT2D eigenvalue weighted by atomic mass is 16.2. The number of carbonyl (C=O) groups is 1. The first-order chi connectivity index (χ1) is 12.2. The Bertz CT molecular complexity index is 914. The van der Waals surface area contributed by atoms with Crippen LogP contribution in [0.25, 0.3) is 11.3 Å². The molecule has 0 bridgehead atoms. The highest BCUT2D eigenvalue weighted by Gasteiger charge is 2.16. The summed E-state index contributed by atoms with van der Waals surface area (Å²) in [6, 6.07) is 17.9. The second-order valence-electron chi connectivity index (χ2n) is 7.69. The van der Waals surface area contributed by atoms with Gasteiger partial charge in [0.2, 0.25) is 0 Å². The van der Waals surface area contributed by atoms with Gasteiger partial charge in [0, 0.05) is 18.3 Å². The van der Waals surface area contributed by atoms with E-state index in [-0.39, 0.29) is 11.3 Å². The van der Waals surface area contributed by atoms with Crippen molar-refractivity contribution in [2.75, 3.05) is 5.32 Å². The van der Waals surface area contributed by atoms with Gasteiger partial charge in [-0.1, -0.05) is 62.7 Å². The van der Waals surface area contributed by atoms with E-state index >= 15 is 0 Å². The van der Waals surface area contributed by atoms with Crippen LogP contribution in [0.4, 0.5) is 5.69 Å². The highest BCUT2D eigenvalue weighted by Crippen LogP contribution is 2.26. The molecule has 0 fully saturated rings. The van der Waals surface area contributed by atoms with Crippen LogP contribution < -0.4 is 5.32 Å².